The molecule has 2 fully saturated rings. The molecule has 0 radical (unpaired) electrons. The van der Waals surface area contributed by atoms with Crippen molar-refractivity contribution in [1.82, 2.24) is 24.8 Å². The van der Waals surface area contributed by atoms with Gasteiger partial charge in [0.2, 0.25) is 0 Å². The number of carbonyl (C=O) groups is 2. The first-order chi connectivity index (χ1) is 21.3. The van der Waals surface area contributed by atoms with Crippen LogP contribution in [0, 0.1) is 11.6 Å². The number of carbonyl (C=O) groups excluding carboxylic acids is 2. The zero-order valence-corrected chi connectivity index (χ0v) is 27.0. The second-order valence-corrected chi connectivity index (χ2v) is 13.0. The van der Waals surface area contributed by atoms with Crippen molar-refractivity contribution in [3.8, 4) is 17.0 Å². The van der Waals surface area contributed by atoms with Gasteiger partial charge >= 0.3 is 6.09 Å². The van der Waals surface area contributed by atoms with Gasteiger partial charge in [0.15, 0.2) is 0 Å². The van der Waals surface area contributed by atoms with E-state index >= 15 is 0 Å². The third-order valence-electron chi connectivity index (χ3n) is 8.48. The number of methoxy groups -OCH3 is 1. The lowest BCUT2D eigenvalue weighted by atomic mass is 9.85. The SMILES string of the molecule is COc1ccc(Cl)cc1-c1cn(C2(C(=O)N3CCN(c4ccc(F)cc4F)CCC3C)CCN(C(=O)OC(C)(C)C)CC2)nn1. The number of rotatable bonds is 5. The van der Waals surface area contributed by atoms with Crippen LogP contribution in [0.2, 0.25) is 5.02 Å². The standard InChI is InChI=1S/C32H39ClF2N6O4/c1-21-10-13-38(27-8-7-23(34)19-25(27)35)16-17-40(21)29(42)32(11-14-39(15-12-32)30(43)45-31(2,3)4)41-20-26(36-37-41)24-18-22(33)6-9-28(24)44-5/h6-9,18-21H,10-17H2,1-5H3. The Labute approximate surface area is 266 Å². The molecule has 13 heteroatoms. The molecule has 0 N–H and O–H groups in total. The fraction of sp³-hybridized carbons (Fsp3) is 0.500. The minimum Gasteiger partial charge on any atom is -0.496 e. The molecule has 2 saturated heterocycles. The summed E-state index contributed by atoms with van der Waals surface area (Å²) in [4.78, 5) is 32.9. The first-order valence-electron chi connectivity index (χ1n) is 15.1. The number of hydrogen-bond acceptors (Lipinski definition) is 7. The monoisotopic (exact) mass is 644 g/mol. The molecular weight excluding hydrogens is 606 g/mol. The van der Waals surface area contributed by atoms with E-state index in [2.05, 4.69) is 10.3 Å². The number of halogens is 3. The highest BCUT2D eigenvalue weighted by molar-refractivity contribution is 6.31. The van der Waals surface area contributed by atoms with Gasteiger partial charge in [0.05, 0.1) is 19.0 Å². The van der Waals surface area contributed by atoms with Crippen molar-refractivity contribution in [2.45, 2.75) is 64.1 Å². The smallest absolute Gasteiger partial charge is 0.410 e. The Morgan fingerprint density at radius 1 is 1.02 bits per heavy atom. The first kappa shape index (κ1) is 32.5. The van der Waals surface area contributed by atoms with Crippen molar-refractivity contribution in [3.05, 3.63) is 59.3 Å². The summed E-state index contributed by atoms with van der Waals surface area (Å²) in [6.07, 6.45) is 2.41. The number of ether oxygens (including phenoxy) is 2. The zero-order chi connectivity index (χ0) is 32.5. The summed E-state index contributed by atoms with van der Waals surface area (Å²) >= 11 is 6.29. The van der Waals surface area contributed by atoms with Crippen molar-refractivity contribution < 1.29 is 27.8 Å². The fourth-order valence-corrected chi connectivity index (χ4v) is 6.18. The Kier molecular flexibility index (Phi) is 9.25. The quantitative estimate of drug-likeness (QED) is 0.350. The molecule has 2 aromatic carbocycles. The summed E-state index contributed by atoms with van der Waals surface area (Å²) in [5, 5.41) is 9.37. The van der Waals surface area contributed by atoms with E-state index in [0.717, 1.165) is 6.07 Å². The average Bonchev–Trinajstić information content (AvgIpc) is 3.41. The van der Waals surface area contributed by atoms with Gasteiger partial charge in [-0.2, -0.15) is 0 Å². The molecule has 0 saturated carbocycles. The van der Waals surface area contributed by atoms with E-state index in [9.17, 15) is 18.4 Å². The summed E-state index contributed by atoms with van der Waals surface area (Å²) < 4.78 is 41.0. The summed E-state index contributed by atoms with van der Waals surface area (Å²) in [6, 6.07) is 8.55. The lowest BCUT2D eigenvalue weighted by Gasteiger charge is -2.44. The molecule has 2 amide bonds. The molecule has 45 heavy (non-hydrogen) atoms. The number of benzene rings is 2. The normalized spacial score (nSPS) is 18.8. The largest absolute Gasteiger partial charge is 0.496 e. The number of nitrogens with zero attached hydrogens (tertiary/aromatic N) is 6. The molecule has 10 nitrogen and oxygen atoms in total. The fourth-order valence-electron chi connectivity index (χ4n) is 6.01. The minimum atomic E-state index is -1.15. The maximum Gasteiger partial charge on any atom is 0.410 e. The van der Waals surface area contributed by atoms with Crippen LogP contribution in [0.15, 0.2) is 42.6 Å². The second kappa shape index (κ2) is 12.8. The van der Waals surface area contributed by atoms with Crippen LogP contribution >= 0.6 is 11.6 Å². The summed E-state index contributed by atoms with van der Waals surface area (Å²) in [7, 11) is 1.55. The maximum atomic E-state index is 14.7. The summed E-state index contributed by atoms with van der Waals surface area (Å²) in [5.74, 6) is -0.880. The van der Waals surface area contributed by atoms with Crippen molar-refractivity contribution in [2.75, 3.05) is 44.7 Å². The molecule has 2 aliphatic rings. The maximum absolute atomic E-state index is 14.7. The second-order valence-electron chi connectivity index (χ2n) is 12.6. The van der Waals surface area contributed by atoms with Crippen molar-refractivity contribution in [2.24, 2.45) is 0 Å². The Morgan fingerprint density at radius 2 is 1.76 bits per heavy atom. The van der Waals surface area contributed by atoms with Gasteiger partial charge in [-0.3, -0.25) is 4.79 Å². The first-order valence-corrected chi connectivity index (χ1v) is 15.4. The van der Waals surface area contributed by atoms with Gasteiger partial charge in [-0.25, -0.2) is 18.3 Å². The summed E-state index contributed by atoms with van der Waals surface area (Å²) in [5.41, 5.74) is -0.395. The molecule has 0 spiro atoms. The predicted molar refractivity (Wildman–Crippen MR) is 166 cm³/mol. The van der Waals surface area contributed by atoms with Crippen LogP contribution in [0.25, 0.3) is 11.3 Å². The van der Waals surface area contributed by atoms with E-state index in [0.29, 0.717) is 53.8 Å². The zero-order valence-electron chi connectivity index (χ0n) is 26.2. The van der Waals surface area contributed by atoms with Crippen LogP contribution in [-0.2, 0) is 15.1 Å². The third-order valence-corrected chi connectivity index (χ3v) is 8.72. The Balaban J connectivity index is 1.46. The molecular formula is C32H39ClF2N6O4. The Hall–Kier alpha value is -3.93. The number of hydrogen-bond donors (Lipinski definition) is 0. The number of piperidine rings is 1. The van der Waals surface area contributed by atoms with Crippen LogP contribution in [0.4, 0.5) is 19.3 Å². The number of aromatic nitrogens is 3. The van der Waals surface area contributed by atoms with Crippen molar-refractivity contribution in [3.63, 3.8) is 0 Å². The summed E-state index contributed by atoms with van der Waals surface area (Å²) in [6.45, 7) is 9.11. The van der Waals surface area contributed by atoms with E-state index < -0.39 is 28.9 Å². The molecule has 3 aromatic rings. The van der Waals surface area contributed by atoms with Crippen molar-refractivity contribution in [1.29, 1.82) is 0 Å². The van der Waals surface area contributed by atoms with Crippen LogP contribution in [-0.4, -0.2) is 88.3 Å². The number of anilines is 1. The lowest BCUT2D eigenvalue weighted by Crippen LogP contribution is -2.59. The van der Waals surface area contributed by atoms with Gasteiger partial charge in [-0.15, -0.1) is 5.10 Å². The Morgan fingerprint density at radius 3 is 2.42 bits per heavy atom. The van der Waals surface area contributed by atoms with Gasteiger partial charge in [0, 0.05) is 55.4 Å². The van der Waals surface area contributed by atoms with Crippen LogP contribution in [0.3, 0.4) is 0 Å². The molecule has 1 atom stereocenters. The van der Waals surface area contributed by atoms with Crippen LogP contribution < -0.4 is 9.64 Å². The molecule has 242 valence electrons. The minimum absolute atomic E-state index is 0.158. The van der Waals surface area contributed by atoms with E-state index in [1.807, 2.05) is 37.5 Å². The van der Waals surface area contributed by atoms with E-state index in [1.165, 1.54) is 12.1 Å². The molecule has 2 aliphatic heterocycles. The highest BCUT2D eigenvalue weighted by atomic mass is 35.5. The van der Waals surface area contributed by atoms with Gasteiger partial charge in [-0.05, 0) is 77.3 Å². The molecule has 1 aromatic heterocycles. The lowest BCUT2D eigenvalue weighted by molar-refractivity contribution is -0.146. The van der Waals surface area contributed by atoms with Gasteiger partial charge < -0.3 is 24.2 Å². The Bertz CT molecular complexity index is 1550. The molecule has 0 bridgehead atoms. The molecule has 0 aliphatic carbocycles. The van der Waals surface area contributed by atoms with E-state index in [1.54, 1.807) is 41.1 Å². The van der Waals surface area contributed by atoms with E-state index in [-0.39, 0.29) is 37.9 Å². The number of likely N-dealkylation sites (tertiary alicyclic amines) is 1. The highest BCUT2D eigenvalue weighted by Gasteiger charge is 2.49. The average molecular weight is 645 g/mol. The predicted octanol–water partition coefficient (Wildman–Crippen LogP) is 5.74. The third kappa shape index (κ3) is 6.85. The van der Waals surface area contributed by atoms with Gasteiger partial charge in [0.25, 0.3) is 5.91 Å². The van der Waals surface area contributed by atoms with E-state index in [4.69, 9.17) is 21.1 Å². The van der Waals surface area contributed by atoms with Gasteiger partial charge in [-0.1, -0.05) is 16.8 Å². The highest BCUT2D eigenvalue weighted by Crippen LogP contribution is 2.37. The van der Waals surface area contributed by atoms with Gasteiger partial charge in [0.1, 0.15) is 34.2 Å². The van der Waals surface area contributed by atoms with Crippen molar-refractivity contribution >= 4 is 29.3 Å². The molecule has 5 rings (SSSR count). The van der Waals surface area contributed by atoms with Crippen LogP contribution in [0.1, 0.15) is 47.0 Å². The molecule has 1 unspecified atom stereocenters. The molecule has 3 heterocycles. The van der Waals surface area contributed by atoms with Crippen LogP contribution in [0.5, 0.6) is 5.75 Å². The topological polar surface area (TPSA) is 93.0 Å². The number of amides is 2.